The second-order valence-corrected chi connectivity index (χ2v) is 11.7. The van der Waals surface area contributed by atoms with Crippen molar-refractivity contribution in [3.63, 3.8) is 0 Å². The van der Waals surface area contributed by atoms with E-state index < -0.39 is 34.1 Å². The summed E-state index contributed by atoms with van der Waals surface area (Å²) in [4.78, 5) is 37.1. The number of hydrogen-bond acceptors (Lipinski definition) is 9. The summed E-state index contributed by atoms with van der Waals surface area (Å²) in [5.41, 5.74) is 0.581. The zero-order chi connectivity index (χ0) is 26.3. The molecule has 4 rings (SSSR count). The summed E-state index contributed by atoms with van der Waals surface area (Å²) in [7, 11) is -2.49. The van der Waals surface area contributed by atoms with Gasteiger partial charge in [-0.3, -0.25) is 18.6 Å². The summed E-state index contributed by atoms with van der Waals surface area (Å²) in [6.07, 6.45) is 0.895. The second kappa shape index (κ2) is 9.45. The van der Waals surface area contributed by atoms with Gasteiger partial charge in [-0.2, -0.15) is 5.10 Å². The Labute approximate surface area is 208 Å². The molecule has 2 aliphatic heterocycles. The van der Waals surface area contributed by atoms with Crippen LogP contribution in [0.25, 0.3) is 0 Å². The van der Waals surface area contributed by atoms with Crippen LogP contribution in [-0.2, 0) is 42.6 Å². The number of nitrogens with zero attached hydrogens (tertiary/aromatic N) is 4. The number of anilines is 1. The highest BCUT2D eigenvalue weighted by Gasteiger charge is 2.40. The Hall–Kier alpha value is -3.61. The Balaban J connectivity index is 1.64. The van der Waals surface area contributed by atoms with E-state index in [1.54, 1.807) is 25.2 Å². The molecule has 2 amide bonds. The minimum Gasteiger partial charge on any atom is -0.484 e. The minimum absolute atomic E-state index is 0.0387. The molecule has 0 N–H and O–H groups in total. The first-order valence-corrected chi connectivity index (χ1v) is 12.7. The molecule has 1 aromatic heterocycles. The van der Waals surface area contributed by atoms with E-state index in [-0.39, 0.29) is 54.5 Å². The summed E-state index contributed by atoms with van der Waals surface area (Å²) >= 11 is 0. The predicted molar refractivity (Wildman–Crippen MR) is 126 cm³/mol. The number of rotatable bonds is 7. The van der Waals surface area contributed by atoms with Gasteiger partial charge in [-0.05, 0) is 23.1 Å². The van der Waals surface area contributed by atoms with Crippen LogP contribution >= 0.6 is 0 Å². The second-order valence-electron chi connectivity index (χ2n) is 9.88. The molecule has 1 saturated heterocycles. The number of sulfonamides is 1. The van der Waals surface area contributed by atoms with Crippen LogP contribution < -0.4 is 9.04 Å². The topological polar surface area (TPSA) is 137 Å². The van der Waals surface area contributed by atoms with Crippen molar-refractivity contribution in [1.29, 1.82) is 0 Å². The summed E-state index contributed by atoms with van der Waals surface area (Å²) in [6.45, 7) is 5.36. The maximum Gasteiger partial charge on any atom is 0.417 e. The van der Waals surface area contributed by atoms with E-state index >= 15 is 0 Å². The first kappa shape index (κ1) is 25.5. The number of fused-ring (bicyclic) bond motifs is 1. The Bertz CT molecular complexity index is 1280. The number of imide groups is 1. The molecule has 0 aliphatic carbocycles. The number of aromatic nitrogens is 2. The van der Waals surface area contributed by atoms with Gasteiger partial charge in [0.05, 0.1) is 38.0 Å². The third-order valence-corrected chi connectivity index (χ3v) is 7.20. The van der Waals surface area contributed by atoms with Gasteiger partial charge in [0, 0.05) is 13.2 Å². The van der Waals surface area contributed by atoms with Crippen molar-refractivity contribution in [2.75, 3.05) is 30.6 Å². The van der Waals surface area contributed by atoms with Crippen molar-refractivity contribution in [2.24, 2.45) is 12.5 Å². The molecule has 1 aromatic carbocycles. The van der Waals surface area contributed by atoms with Gasteiger partial charge in [-0.1, -0.05) is 26.8 Å². The van der Waals surface area contributed by atoms with Gasteiger partial charge < -0.3 is 14.2 Å². The van der Waals surface area contributed by atoms with Crippen LogP contribution in [0.3, 0.4) is 0 Å². The maximum atomic E-state index is 13.6. The molecule has 36 heavy (non-hydrogen) atoms. The van der Waals surface area contributed by atoms with E-state index in [9.17, 15) is 22.8 Å². The zero-order valence-corrected chi connectivity index (χ0v) is 21.3. The number of carbonyl (C=O) groups is 3. The minimum atomic E-state index is -4.09. The average molecular weight is 521 g/mol. The number of esters is 1. The van der Waals surface area contributed by atoms with Crippen LogP contribution in [0.2, 0.25) is 0 Å². The third kappa shape index (κ3) is 5.45. The lowest BCUT2D eigenvalue weighted by Gasteiger charge is -2.36. The number of carbonyl (C=O) groups excluding carboxylic acids is 3. The van der Waals surface area contributed by atoms with Gasteiger partial charge in [0.2, 0.25) is 0 Å². The molecule has 1 atom stereocenters. The monoisotopic (exact) mass is 520 g/mol. The Morgan fingerprint density at radius 3 is 2.61 bits per heavy atom. The highest BCUT2D eigenvalue weighted by Crippen LogP contribution is 2.38. The fourth-order valence-electron chi connectivity index (χ4n) is 3.73. The van der Waals surface area contributed by atoms with E-state index in [2.05, 4.69) is 5.10 Å². The van der Waals surface area contributed by atoms with Crippen molar-refractivity contribution >= 4 is 33.7 Å². The molecule has 2 aliphatic rings. The molecule has 13 heteroatoms. The van der Waals surface area contributed by atoms with Gasteiger partial charge in [-0.15, -0.1) is 0 Å². The molecule has 3 heterocycles. The molecule has 12 nitrogen and oxygen atoms in total. The number of ether oxygens (including phenoxy) is 3. The van der Waals surface area contributed by atoms with Crippen LogP contribution in [0.1, 0.15) is 26.3 Å². The largest absolute Gasteiger partial charge is 0.484 e. The molecule has 2 aromatic rings. The molecule has 194 valence electrons. The normalized spacial score (nSPS) is 18.1. The fourth-order valence-corrected chi connectivity index (χ4v) is 5.21. The first-order valence-electron chi connectivity index (χ1n) is 11.3. The molecule has 0 bridgehead atoms. The molecule has 0 radical (unpaired) electrons. The lowest BCUT2D eigenvalue weighted by Crippen LogP contribution is -2.49. The number of hydrogen-bond donors (Lipinski definition) is 0. The molecular formula is C23H28N4O8S. The molecule has 0 saturated carbocycles. The molecule has 0 unspecified atom stereocenters. The standard InChI is InChI=1S/C23H28N4O8S/c1-23(2,3)14-34-21(29)8-15-5-6-19-18(7-15)27(36(31,32)17-9-24-25(4)12-17)11-16(35-19)10-26-20(28)13-33-22(26)30/h5-7,9,12,16H,8,10-11,13-14H2,1-4H3/t16-/m0/s1. The van der Waals surface area contributed by atoms with Crippen LogP contribution in [0.5, 0.6) is 5.75 Å². The Morgan fingerprint density at radius 2 is 2.00 bits per heavy atom. The van der Waals surface area contributed by atoms with Crippen LogP contribution in [-0.4, -0.2) is 73.5 Å². The third-order valence-electron chi connectivity index (χ3n) is 5.47. The molecule has 1 fully saturated rings. The van der Waals surface area contributed by atoms with Crippen molar-refractivity contribution < 1.29 is 37.0 Å². The highest BCUT2D eigenvalue weighted by molar-refractivity contribution is 7.92. The van der Waals surface area contributed by atoms with E-state index in [4.69, 9.17) is 14.2 Å². The molecular weight excluding hydrogens is 492 g/mol. The van der Waals surface area contributed by atoms with Crippen molar-refractivity contribution in [3.8, 4) is 5.75 Å². The Morgan fingerprint density at radius 1 is 1.25 bits per heavy atom. The van der Waals surface area contributed by atoms with Crippen LogP contribution in [0.15, 0.2) is 35.5 Å². The van der Waals surface area contributed by atoms with Gasteiger partial charge in [0.25, 0.3) is 15.9 Å². The van der Waals surface area contributed by atoms with E-state index in [0.717, 1.165) is 9.21 Å². The first-order chi connectivity index (χ1) is 16.8. The van der Waals surface area contributed by atoms with Gasteiger partial charge >= 0.3 is 12.1 Å². The summed E-state index contributed by atoms with van der Waals surface area (Å²) in [6, 6.07) is 4.76. The number of amides is 2. The summed E-state index contributed by atoms with van der Waals surface area (Å²) < 4.78 is 45.7. The van der Waals surface area contributed by atoms with Crippen molar-refractivity contribution in [3.05, 3.63) is 36.2 Å². The Kier molecular flexibility index (Phi) is 6.69. The van der Waals surface area contributed by atoms with Crippen LogP contribution in [0, 0.1) is 5.41 Å². The van der Waals surface area contributed by atoms with E-state index in [1.165, 1.54) is 17.1 Å². The van der Waals surface area contributed by atoms with Gasteiger partial charge in [0.1, 0.15) is 16.7 Å². The van der Waals surface area contributed by atoms with Gasteiger partial charge in [-0.25, -0.2) is 18.1 Å². The quantitative estimate of drug-likeness (QED) is 0.497. The predicted octanol–water partition coefficient (Wildman–Crippen LogP) is 1.49. The fraction of sp³-hybridized carbons (Fsp3) is 0.478. The lowest BCUT2D eigenvalue weighted by atomic mass is 9.99. The van der Waals surface area contributed by atoms with Crippen molar-refractivity contribution in [2.45, 2.75) is 38.2 Å². The molecule has 0 spiro atoms. The number of cyclic esters (lactones) is 1. The number of aryl methyl sites for hydroxylation is 1. The zero-order valence-electron chi connectivity index (χ0n) is 20.5. The SMILES string of the molecule is Cn1cc(S(=O)(=O)N2C[C@H](CN3C(=O)COC3=O)Oc3ccc(CC(=O)OCC(C)(C)C)cc32)cn1. The lowest BCUT2D eigenvalue weighted by molar-refractivity contribution is -0.145. The smallest absolute Gasteiger partial charge is 0.417 e. The highest BCUT2D eigenvalue weighted by atomic mass is 32.2. The maximum absolute atomic E-state index is 13.6. The van der Waals surface area contributed by atoms with E-state index in [0.29, 0.717) is 5.56 Å². The van der Waals surface area contributed by atoms with Gasteiger partial charge in [0.15, 0.2) is 6.61 Å². The van der Waals surface area contributed by atoms with Crippen molar-refractivity contribution in [1.82, 2.24) is 14.7 Å². The number of benzene rings is 1. The van der Waals surface area contributed by atoms with Crippen LogP contribution in [0.4, 0.5) is 10.5 Å². The average Bonchev–Trinajstić information content (AvgIpc) is 3.38. The summed E-state index contributed by atoms with van der Waals surface area (Å²) in [5, 5.41) is 3.96. The van der Waals surface area contributed by atoms with E-state index in [1.807, 2.05) is 20.8 Å². The summed E-state index contributed by atoms with van der Waals surface area (Å²) in [5.74, 6) is -0.738.